The van der Waals surface area contributed by atoms with Gasteiger partial charge in [-0.25, -0.2) is 17.2 Å². The molecular weight excluding hydrogens is 469 g/mol. The molecule has 12 heteroatoms. The summed E-state index contributed by atoms with van der Waals surface area (Å²) < 4.78 is 98.0. The molecule has 0 radical (unpaired) electrons. The van der Waals surface area contributed by atoms with E-state index in [2.05, 4.69) is 4.98 Å². The number of rotatable bonds is 7. The highest BCUT2D eigenvalue weighted by Crippen LogP contribution is 2.33. The first kappa shape index (κ1) is 23.9. The molecular formula is C21H14F5N3O3S. The third-order valence-corrected chi connectivity index (χ3v) is 5.89. The molecule has 0 spiro atoms. The molecule has 0 bridgehead atoms. The van der Waals surface area contributed by atoms with Gasteiger partial charge in [0.15, 0.2) is 23.1 Å². The Morgan fingerprint density at radius 1 is 1.06 bits per heavy atom. The molecule has 0 aliphatic carbocycles. The number of aromatic nitrogens is 1. The summed E-state index contributed by atoms with van der Waals surface area (Å²) in [5, 5.41) is 8.77. The molecule has 3 aromatic rings. The zero-order valence-corrected chi connectivity index (χ0v) is 17.4. The summed E-state index contributed by atoms with van der Waals surface area (Å²) in [6.45, 7) is -0.477. The summed E-state index contributed by atoms with van der Waals surface area (Å²) in [5.74, 6) is -5.59. The van der Waals surface area contributed by atoms with Crippen LogP contribution in [0.2, 0.25) is 0 Å². The van der Waals surface area contributed by atoms with E-state index in [0.29, 0.717) is 9.87 Å². The van der Waals surface area contributed by atoms with E-state index in [1.165, 1.54) is 42.7 Å². The fourth-order valence-electron chi connectivity index (χ4n) is 2.83. The number of nitrogens with zero attached hydrogens (tertiary/aromatic N) is 3. The number of benzene rings is 2. The van der Waals surface area contributed by atoms with Crippen LogP contribution >= 0.6 is 0 Å². The minimum absolute atomic E-state index is 0.227. The smallest absolute Gasteiger partial charge is 0.404 e. The summed E-state index contributed by atoms with van der Waals surface area (Å²) in [7, 11) is -4.91. The maximum absolute atomic E-state index is 14.2. The van der Waals surface area contributed by atoms with Crippen molar-refractivity contribution in [2.45, 2.75) is 12.7 Å². The molecule has 0 unspecified atom stereocenters. The van der Waals surface area contributed by atoms with Gasteiger partial charge in [0.25, 0.3) is 0 Å². The highest BCUT2D eigenvalue weighted by molar-refractivity contribution is 7.92. The van der Waals surface area contributed by atoms with Gasteiger partial charge in [-0.3, -0.25) is 9.29 Å². The molecule has 0 N–H and O–H groups in total. The Kier molecular flexibility index (Phi) is 6.83. The van der Waals surface area contributed by atoms with E-state index in [9.17, 15) is 30.4 Å². The molecule has 1 heterocycles. The molecule has 3 rings (SSSR count). The minimum atomic E-state index is -5.01. The largest absolute Gasteiger partial charge is 0.451 e. The highest BCUT2D eigenvalue weighted by atomic mass is 32.2. The second kappa shape index (κ2) is 9.41. The number of halogens is 5. The minimum Gasteiger partial charge on any atom is -0.451 e. The summed E-state index contributed by atoms with van der Waals surface area (Å²) in [6, 6.07) is 10.7. The van der Waals surface area contributed by atoms with Gasteiger partial charge in [0.1, 0.15) is 5.75 Å². The molecule has 0 saturated heterocycles. The molecule has 0 fully saturated rings. The van der Waals surface area contributed by atoms with Crippen LogP contribution in [0.15, 0.2) is 60.9 Å². The van der Waals surface area contributed by atoms with Gasteiger partial charge in [-0.05, 0) is 35.9 Å². The lowest BCUT2D eigenvalue weighted by atomic mass is 10.2. The number of sulfonamides is 1. The fraction of sp³-hybridized carbons (Fsp3) is 0.143. The number of pyridine rings is 1. The number of anilines is 1. The van der Waals surface area contributed by atoms with Crippen LogP contribution in [0.1, 0.15) is 11.1 Å². The number of alkyl halides is 3. The average molecular weight is 483 g/mol. The van der Waals surface area contributed by atoms with Gasteiger partial charge in [-0.2, -0.15) is 18.4 Å². The summed E-state index contributed by atoms with van der Waals surface area (Å²) in [5.41, 5.74) is -0.208. The monoisotopic (exact) mass is 483 g/mol. The predicted octanol–water partition coefficient (Wildman–Crippen LogP) is 4.92. The van der Waals surface area contributed by atoms with Crippen molar-refractivity contribution in [2.75, 3.05) is 10.1 Å². The summed E-state index contributed by atoms with van der Waals surface area (Å²) in [6.07, 6.45) is -2.31. The topological polar surface area (TPSA) is 83.3 Å². The third kappa shape index (κ3) is 6.17. The molecule has 2 aromatic carbocycles. The Balaban J connectivity index is 2.00. The zero-order valence-electron chi connectivity index (χ0n) is 16.6. The first-order valence-corrected chi connectivity index (χ1v) is 10.7. The van der Waals surface area contributed by atoms with Gasteiger partial charge < -0.3 is 4.74 Å². The Hall–Kier alpha value is -3.72. The van der Waals surface area contributed by atoms with Gasteiger partial charge in [0, 0.05) is 18.5 Å². The lowest BCUT2D eigenvalue weighted by Gasteiger charge is -2.25. The molecule has 0 aliphatic heterocycles. The lowest BCUT2D eigenvalue weighted by molar-refractivity contribution is -0.106. The van der Waals surface area contributed by atoms with Gasteiger partial charge >= 0.3 is 6.18 Å². The van der Waals surface area contributed by atoms with E-state index in [1.807, 2.05) is 0 Å². The number of hydrogen-bond acceptors (Lipinski definition) is 5. The first-order valence-electron chi connectivity index (χ1n) is 9.11. The summed E-state index contributed by atoms with van der Waals surface area (Å²) >= 11 is 0. The quantitative estimate of drug-likeness (QED) is 0.446. The molecule has 6 nitrogen and oxygen atoms in total. The van der Waals surface area contributed by atoms with Crippen LogP contribution in [-0.4, -0.2) is 25.3 Å². The van der Waals surface area contributed by atoms with Crippen LogP contribution < -0.4 is 9.04 Å². The van der Waals surface area contributed by atoms with Crippen molar-refractivity contribution in [1.29, 1.82) is 5.26 Å². The van der Waals surface area contributed by atoms with E-state index in [0.717, 1.165) is 18.2 Å². The number of ether oxygens (including phenoxy) is 1. The Bertz CT molecular complexity index is 1270. The van der Waals surface area contributed by atoms with Crippen molar-refractivity contribution >= 4 is 15.7 Å². The van der Waals surface area contributed by atoms with E-state index < -0.39 is 45.9 Å². The van der Waals surface area contributed by atoms with E-state index in [1.54, 1.807) is 6.07 Å². The molecule has 0 atom stereocenters. The van der Waals surface area contributed by atoms with Crippen molar-refractivity contribution in [3.05, 3.63) is 83.7 Å². The molecule has 1 aromatic heterocycles. The lowest BCUT2D eigenvalue weighted by Crippen LogP contribution is -2.37. The van der Waals surface area contributed by atoms with Crippen LogP contribution in [0, 0.1) is 23.0 Å². The highest BCUT2D eigenvalue weighted by Gasteiger charge is 2.38. The van der Waals surface area contributed by atoms with Crippen molar-refractivity contribution in [3.8, 4) is 17.6 Å². The van der Waals surface area contributed by atoms with Crippen molar-refractivity contribution < 1.29 is 35.1 Å². The fourth-order valence-corrected chi connectivity index (χ4v) is 4.18. The normalized spacial score (nSPS) is 11.6. The molecule has 33 heavy (non-hydrogen) atoms. The van der Waals surface area contributed by atoms with Crippen LogP contribution in [0.4, 0.5) is 27.6 Å². The van der Waals surface area contributed by atoms with Gasteiger partial charge in [-0.1, -0.05) is 12.1 Å². The third-order valence-electron chi connectivity index (χ3n) is 4.18. The van der Waals surface area contributed by atoms with Gasteiger partial charge in [0.05, 0.1) is 23.9 Å². The van der Waals surface area contributed by atoms with E-state index in [-0.39, 0.29) is 17.0 Å². The van der Waals surface area contributed by atoms with Crippen LogP contribution in [0.3, 0.4) is 0 Å². The van der Waals surface area contributed by atoms with Crippen LogP contribution in [0.25, 0.3) is 0 Å². The molecule has 172 valence electrons. The first-order chi connectivity index (χ1) is 15.5. The van der Waals surface area contributed by atoms with Crippen molar-refractivity contribution in [3.63, 3.8) is 0 Å². The Labute approximate surface area is 185 Å². The zero-order chi connectivity index (χ0) is 24.2. The van der Waals surface area contributed by atoms with Crippen molar-refractivity contribution in [2.24, 2.45) is 0 Å². The van der Waals surface area contributed by atoms with Gasteiger partial charge in [0.2, 0.25) is 10.0 Å². The second-order valence-corrected chi connectivity index (χ2v) is 8.61. The number of hydrogen-bond donors (Lipinski definition) is 0. The standard InChI is InChI=1S/C21H14F5N3O3S/c22-18-7-15(10-27)8-19(23)20(18)32-17-5-1-4-16(9-17)29(12-14-3-2-6-28-11-14)33(30,31)13-21(24,25)26/h1-9,11H,12-13H2. The predicted molar refractivity (Wildman–Crippen MR) is 108 cm³/mol. The van der Waals surface area contributed by atoms with Gasteiger partial charge in [-0.15, -0.1) is 0 Å². The van der Waals surface area contributed by atoms with Crippen LogP contribution in [-0.2, 0) is 16.6 Å². The van der Waals surface area contributed by atoms with Crippen LogP contribution in [0.5, 0.6) is 11.5 Å². The molecule has 0 amide bonds. The SMILES string of the molecule is N#Cc1cc(F)c(Oc2cccc(N(Cc3cccnc3)S(=O)(=O)CC(F)(F)F)c2)c(F)c1. The van der Waals surface area contributed by atoms with Crippen molar-refractivity contribution in [1.82, 2.24) is 4.98 Å². The second-order valence-electron chi connectivity index (χ2n) is 6.72. The molecule has 0 saturated carbocycles. The molecule has 0 aliphatic rings. The maximum Gasteiger partial charge on any atom is 0.404 e. The number of nitriles is 1. The maximum atomic E-state index is 14.2. The Morgan fingerprint density at radius 2 is 1.76 bits per heavy atom. The van der Waals surface area contributed by atoms with E-state index >= 15 is 0 Å². The van der Waals surface area contributed by atoms with E-state index in [4.69, 9.17) is 10.00 Å². The average Bonchev–Trinajstić information content (AvgIpc) is 2.73. The Morgan fingerprint density at radius 3 is 2.33 bits per heavy atom. The summed E-state index contributed by atoms with van der Waals surface area (Å²) in [4.78, 5) is 3.82.